The minimum atomic E-state index is -5.08. The highest BCUT2D eigenvalue weighted by atomic mass is 32.1. The van der Waals surface area contributed by atoms with Gasteiger partial charge in [-0.3, -0.25) is 9.69 Å². The molecule has 2 saturated heterocycles. The van der Waals surface area contributed by atoms with Crippen LogP contribution in [0.25, 0.3) is 0 Å². The van der Waals surface area contributed by atoms with E-state index in [-0.39, 0.29) is 17.4 Å². The van der Waals surface area contributed by atoms with Crippen LogP contribution in [0, 0.1) is 5.92 Å². The molecule has 3 heterocycles. The molecular weight excluding hydrogens is 409 g/mol. The first-order valence-electron chi connectivity index (χ1n) is 9.50. The molecule has 2 aliphatic rings. The van der Waals surface area contributed by atoms with E-state index in [1.54, 1.807) is 0 Å². The van der Waals surface area contributed by atoms with E-state index < -0.39 is 12.1 Å². The molecule has 1 unspecified atom stereocenters. The maximum Gasteiger partial charge on any atom is 0.490 e. The predicted molar refractivity (Wildman–Crippen MR) is 103 cm³/mol. The largest absolute Gasteiger partial charge is 0.490 e. The van der Waals surface area contributed by atoms with Crippen molar-refractivity contribution in [3.05, 3.63) is 22.4 Å². The normalized spacial score (nSPS) is 23.0. The molecule has 0 aliphatic carbocycles. The second-order valence-electron chi connectivity index (χ2n) is 7.64. The van der Waals surface area contributed by atoms with Gasteiger partial charge in [-0.1, -0.05) is 19.9 Å². The molecule has 6 nitrogen and oxygen atoms in total. The van der Waals surface area contributed by atoms with Gasteiger partial charge in [0.05, 0.1) is 18.8 Å². The van der Waals surface area contributed by atoms with Gasteiger partial charge in [0.25, 0.3) is 0 Å². The van der Waals surface area contributed by atoms with E-state index in [4.69, 9.17) is 14.6 Å². The number of ether oxygens (including phenoxy) is 1. The van der Waals surface area contributed by atoms with Crippen LogP contribution < -0.4 is 0 Å². The lowest BCUT2D eigenvalue weighted by Gasteiger charge is -2.48. The Kier molecular flexibility index (Phi) is 8.07. The molecule has 10 heteroatoms. The monoisotopic (exact) mass is 436 g/mol. The van der Waals surface area contributed by atoms with Gasteiger partial charge in [0.2, 0.25) is 5.91 Å². The number of hydrogen-bond donors (Lipinski definition) is 1. The summed E-state index contributed by atoms with van der Waals surface area (Å²) in [5, 5.41) is 9.26. The number of carbonyl (C=O) groups is 2. The Morgan fingerprint density at radius 3 is 2.55 bits per heavy atom. The van der Waals surface area contributed by atoms with Crippen LogP contribution in [-0.4, -0.2) is 71.3 Å². The maximum absolute atomic E-state index is 12.3. The van der Waals surface area contributed by atoms with E-state index in [0.29, 0.717) is 0 Å². The number of morpholine rings is 1. The molecule has 1 amide bonds. The predicted octanol–water partition coefficient (Wildman–Crippen LogP) is 3.23. The summed E-state index contributed by atoms with van der Waals surface area (Å²) in [7, 11) is 0. The Morgan fingerprint density at radius 1 is 1.31 bits per heavy atom. The lowest BCUT2D eigenvalue weighted by atomic mass is 9.90. The number of halogens is 3. The minimum Gasteiger partial charge on any atom is -0.475 e. The number of likely N-dealkylation sites (tertiary alicyclic amines) is 1. The molecule has 1 aromatic heterocycles. The molecule has 1 N–H and O–H groups in total. The van der Waals surface area contributed by atoms with Gasteiger partial charge in [0.15, 0.2) is 0 Å². The first-order chi connectivity index (χ1) is 13.5. The lowest BCUT2D eigenvalue weighted by Crippen LogP contribution is -2.60. The van der Waals surface area contributed by atoms with Gasteiger partial charge in [0, 0.05) is 37.0 Å². The zero-order chi connectivity index (χ0) is 21.7. The lowest BCUT2D eigenvalue weighted by molar-refractivity contribution is -0.192. The SMILES string of the molecule is CC(C)C(=O)N1CCCC2(CN(Cc3cccs3)CCO2)C1.O=C(O)C(F)(F)F. The average Bonchev–Trinajstić information content (AvgIpc) is 3.14. The van der Waals surface area contributed by atoms with Gasteiger partial charge in [-0.25, -0.2) is 4.79 Å². The molecule has 29 heavy (non-hydrogen) atoms. The van der Waals surface area contributed by atoms with Crippen molar-refractivity contribution < 1.29 is 32.6 Å². The third-order valence-electron chi connectivity index (χ3n) is 4.87. The first kappa shape index (κ1) is 23.6. The minimum absolute atomic E-state index is 0.0703. The fourth-order valence-corrected chi connectivity index (χ4v) is 4.33. The third kappa shape index (κ3) is 6.97. The van der Waals surface area contributed by atoms with Crippen LogP contribution in [0.3, 0.4) is 0 Å². The van der Waals surface area contributed by atoms with Crippen LogP contribution in [0.1, 0.15) is 31.6 Å². The highest BCUT2D eigenvalue weighted by Gasteiger charge is 2.42. The molecule has 164 valence electrons. The Balaban J connectivity index is 0.000000370. The van der Waals surface area contributed by atoms with Crippen LogP contribution in [-0.2, 0) is 20.9 Å². The molecule has 0 aromatic carbocycles. The van der Waals surface area contributed by atoms with Crippen LogP contribution in [0.4, 0.5) is 13.2 Å². The number of carboxylic acid groups (broad SMARTS) is 1. The van der Waals surface area contributed by atoms with E-state index in [0.717, 1.165) is 52.2 Å². The zero-order valence-corrected chi connectivity index (χ0v) is 17.4. The van der Waals surface area contributed by atoms with Crippen molar-refractivity contribution >= 4 is 23.2 Å². The van der Waals surface area contributed by atoms with Gasteiger partial charge in [-0.15, -0.1) is 11.3 Å². The Bertz CT molecular complexity index is 677. The Hall–Kier alpha value is -1.65. The number of aliphatic carboxylic acids is 1. The van der Waals surface area contributed by atoms with Crippen molar-refractivity contribution in [2.75, 3.05) is 32.8 Å². The van der Waals surface area contributed by atoms with Gasteiger partial charge >= 0.3 is 12.1 Å². The summed E-state index contributed by atoms with van der Waals surface area (Å²) in [4.78, 5) is 27.1. The highest BCUT2D eigenvalue weighted by molar-refractivity contribution is 7.09. The number of piperidine rings is 1. The van der Waals surface area contributed by atoms with Crippen LogP contribution in [0.15, 0.2) is 17.5 Å². The van der Waals surface area contributed by atoms with E-state index >= 15 is 0 Å². The van der Waals surface area contributed by atoms with Gasteiger partial charge in [-0.2, -0.15) is 13.2 Å². The number of thiophene rings is 1. The number of nitrogens with zero attached hydrogens (tertiary/aromatic N) is 2. The number of alkyl halides is 3. The molecule has 0 radical (unpaired) electrons. The summed E-state index contributed by atoms with van der Waals surface area (Å²) in [6, 6.07) is 4.31. The quantitative estimate of drug-likeness (QED) is 0.788. The third-order valence-corrected chi connectivity index (χ3v) is 5.74. The molecule has 0 saturated carbocycles. The second-order valence-corrected chi connectivity index (χ2v) is 8.67. The maximum atomic E-state index is 12.3. The summed E-state index contributed by atoms with van der Waals surface area (Å²) in [6.07, 6.45) is -2.97. The zero-order valence-electron chi connectivity index (χ0n) is 16.6. The van der Waals surface area contributed by atoms with Crippen LogP contribution in [0.2, 0.25) is 0 Å². The molecular formula is C19H27F3N2O4S. The van der Waals surface area contributed by atoms with Crippen LogP contribution in [0.5, 0.6) is 0 Å². The van der Waals surface area contributed by atoms with Crippen molar-refractivity contribution in [1.29, 1.82) is 0 Å². The number of carbonyl (C=O) groups excluding carboxylic acids is 1. The van der Waals surface area contributed by atoms with Crippen molar-refractivity contribution in [2.45, 2.75) is 45.0 Å². The fourth-order valence-electron chi connectivity index (χ4n) is 3.58. The summed E-state index contributed by atoms with van der Waals surface area (Å²) in [5.74, 6) is -2.42. The summed E-state index contributed by atoms with van der Waals surface area (Å²) >= 11 is 1.81. The van der Waals surface area contributed by atoms with Gasteiger partial charge in [0.1, 0.15) is 0 Å². The standard InChI is InChI=1S/C17H26N2O2S.C2HF3O2/c1-14(2)16(20)19-7-4-6-17(13-19)12-18(8-9-21-17)11-15-5-3-10-22-15;3-2(4,5)1(6)7/h3,5,10,14H,4,6-9,11-13H2,1-2H3;(H,6,7). The van der Waals surface area contributed by atoms with Gasteiger partial charge in [-0.05, 0) is 24.3 Å². The van der Waals surface area contributed by atoms with Gasteiger partial charge < -0.3 is 14.7 Å². The Labute approximate surface area is 172 Å². The summed E-state index contributed by atoms with van der Waals surface area (Å²) in [6.45, 7) is 9.29. The number of carboxylic acids is 1. The summed E-state index contributed by atoms with van der Waals surface area (Å²) < 4.78 is 37.9. The number of hydrogen-bond acceptors (Lipinski definition) is 5. The smallest absolute Gasteiger partial charge is 0.475 e. The van der Waals surface area contributed by atoms with E-state index in [2.05, 4.69) is 22.4 Å². The first-order valence-corrected chi connectivity index (χ1v) is 10.4. The molecule has 1 spiro atoms. The van der Waals surface area contributed by atoms with E-state index in [9.17, 15) is 18.0 Å². The fraction of sp³-hybridized carbons (Fsp3) is 0.684. The highest BCUT2D eigenvalue weighted by Crippen LogP contribution is 2.30. The number of amides is 1. The van der Waals surface area contributed by atoms with E-state index in [1.807, 2.05) is 30.1 Å². The topological polar surface area (TPSA) is 70.1 Å². The van der Waals surface area contributed by atoms with Crippen molar-refractivity contribution in [3.8, 4) is 0 Å². The van der Waals surface area contributed by atoms with Crippen LogP contribution >= 0.6 is 11.3 Å². The molecule has 1 atom stereocenters. The second kappa shape index (κ2) is 9.90. The van der Waals surface area contributed by atoms with Crippen molar-refractivity contribution in [3.63, 3.8) is 0 Å². The van der Waals surface area contributed by atoms with Crippen molar-refractivity contribution in [2.24, 2.45) is 5.92 Å². The molecule has 1 aromatic rings. The molecule has 0 bridgehead atoms. The van der Waals surface area contributed by atoms with Crippen molar-refractivity contribution in [1.82, 2.24) is 9.80 Å². The molecule has 2 aliphatic heterocycles. The molecule has 2 fully saturated rings. The number of rotatable bonds is 3. The van der Waals surface area contributed by atoms with E-state index in [1.165, 1.54) is 4.88 Å². The molecule has 3 rings (SSSR count). The Morgan fingerprint density at radius 2 is 2.00 bits per heavy atom. The average molecular weight is 436 g/mol. The summed E-state index contributed by atoms with van der Waals surface area (Å²) in [5.41, 5.74) is -0.154.